The minimum atomic E-state index is -0.482. The first-order valence-electron chi connectivity index (χ1n) is 18.7. The molecule has 2 aliphatic carbocycles. The first-order chi connectivity index (χ1) is 23.8. The summed E-state index contributed by atoms with van der Waals surface area (Å²) in [5, 5.41) is 14.5. The molecule has 0 aromatic heterocycles. The third-order valence-corrected chi connectivity index (χ3v) is 11.1. The SMILES string of the molecule is CCC(C)C/C(=N\OC(=O)NCC1CCCCC1)c1ccc(Sc2ccc(/C(CC(C)CC)=N/OC(=O)NCC3CCCCC3)cc2)cc1. The second-order valence-electron chi connectivity index (χ2n) is 14.2. The Morgan fingerprint density at radius 3 is 1.37 bits per heavy atom. The highest BCUT2D eigenvalue weighted by Crippen LogP contribution is 2.29. The van der Waals surface area contributed by atoms with Gasteiger partial charge in [0, 0.05) is 22.9 Å². The lowest BCUT2D eigenvalue weighted by atomic mass is 9.89. The summed E-state index contributed by atoms with van der Waals surface area (Å²) in [7, 11) is 0. The molecule has 2 N–H and O–H groups in total. The van der Waals surface area contributed by atoms with Crippen molar-refractivity contribution in [3.63, 3.8) is 0 Å². The first kappa shape index (κ1) is 38.5. The molecule has 0 radical (unpaired) electrons. The first-order valence-corrected chi connectivity index (χ1v) is 19.6. The average molecular weight is 691 g/mol. The molecule has 2 aromatic carbocycles. The lowest BCUT2D eigenvalue weighted by Crippen LogP contribution is -2.30. The maximum absolute atomic E-state index is 12.4. The zero-order valence-corrected chi connectivity index (χ0v) is 31.0. The van der Waals surface area contributed by atoms with Crippen molar-refractivity contribution >= 4 is 35.4 Å². The summed E-state index contributed by atoms with van der Waals surface area (Å²) in [6, 6.07) is 16.5. The number of nitrogens with one attached hydrogen (secondary N) is 2. The van der Waals surface area contributed by atoms with Crippen LogP contribution in [0.25, 0.3) is 0 Å². The van der Waals surface area contributed by atoms with E-state index < -0.39 is 12.2 Å². The predicted molar refractivity (Wildman–Crippen MR) is 200 cm³/mol. The molecule has 2 atom stereocenters. The molecule has 2 unspecified atom stereocenters. The Kier molecular flexibility index (Phi) is 16.5. The van der Waals surface area contributed by atoms with Gasteiger partial charge in [0.15, 0.2) is 0 Å². The highest BCUT2D eigenvalue weighted by Gasteiger charge is 2.18. The summed E-state index contributed by atoms with van der Waals surface area (Å²) in [5.41, 5.74) is 3.46. The molecule has 2 amide bonds. The second-order valence-corrected chi connectivity index (χ2v) is 15.3. The Morgan fingerprint density at radius 1 is 0.653 bits per heavy atom. The van der Waals surface area contributed by atoms with Crippen LogP contribution in [0.1, 0.15) is 129 Å². The van der Waals surface area contributed by atoms with E-state index in [-0.39, 0.29) is 0 Å². The van der Waals surface area contributed by atoms with Crippen LogP contribution in [0.15, 0.2) is 68.6 Å². The minimum Gasteiger partial charge on any atom is -0.319 e. The van der Waals surface area contributed by atoms with Crippen LogP contribution in [-0.4, -0.2) is 36.7 Å². The van der Waals surface area contributed by atoms with Crippen LogP contribution >= 0.6 is 11.8 Å². The van der Waals surface area contributed by atoms with Gasteiger partial charge >= 0.3 is 12.2 Å². The van der Waals surface area contributed by atoms with Crippen LogP contribution in [0.4, 0.5) is 9.59 Å². The third kappa shape index (κ3) is 13.8. The maximum Gasteiger partial charge on any atom is 0.433 e. The zero-order valence-electron chi connectivity index (χ0n) is 30.2. The van der Waals surface area contributed by atoms with Crippen molar-refractivity contribution in [2.75, 3.05) is 13.1 Å². The van der Waals surface area contributed by atoms with Crippen molar-refractivity contribution in [3.05, 3.63) is 59.7 Å². The minimum absolute atomic E-state index is 0.412. The fourth-order valence-electron chi connectivity index (χ4n) is 6.43. The number of oxime groups is 2. The second kappa shape index (κ2) is 21.0. The van der Waals surface area contributed by atoms with Crippen molar-refractivity contribution in [1.29, 1.82) is 0 Å². The molecule has 2 aromatic rings. The molecule has 0 bridgehead atoms. The number of benzene rings is 2. The Labute approximate surface area is 298 Å². The van der Waals surface area contributed by atoms with Crippen molar-refractivity contribution in [3.8, 4) is 0 Å². The van der Waals surface area contributed by atoms with E-state index in [9.17, 15) is 9.59 Å². The topological polar surface area (TPSA) is 101 Å². The van der Waals surface area contributed by atoms with Gasteiger partial charge in [0.2, 0.25) is 0 Å². The number of carbonyl (C=O) groups is 2. The van der Waals surface area contributed by atoms with Crippen molar-refractivity contribution in [2.45, 2.75) is 127 Å². The molecule has 4 rings (SSSR count). The Morgan fingerprint density at radius 2 is 1.02 bits per heavy atom. The van der Waals surface area contributed by atoms with Gasteiger partial charge in [-0.05, 0) is 97.6 Å². The standard InChI is InChI=1S/C40H58N4O4S/c1-5-29(3)25-37(43-47-39(45)41-27-31-13-9-7-10-14-31)33-17-21-35(22-18-33)49-36-23-19-34(20-24-36)38(26-30(4)6-2)44-48-40(46)42-28-32-15-11-8-12-16-32/h17-24,29-32H,5-16,25-28H2,1-4H3,(H,41,45)(H,42,46)/b43-37+,44-38+. The van der Waals surface area contributed by atoms with Crippen LogP contribution in [-0.2, 0) is 9.68 Å². The maximum atomic E-state index is 12.4. The van der Waals surface area contributed by atoms with Crippen molar-refractivity contribution < 1.29 is 19.3 Å². The van der Waals surface area contributed by atoms with Crippen LogP contribution in [0, 0.1) is 23.7 Å². The van der Waals surface area contributed by atoms with Gasteiger partial charge in [0.05, 0.1) is 11.4 Å². The lowest BCUT2D eigenvalue weighted by Gasteiger charge is -2.21. The molecular formula is C40H58N4O4S. The monoisotopic (exact) mass is 690 g/mol. The largest absolute Gasteiger partial charge is 0.433 e. The van der Waals surface area contributed by atoms with Gasteiger partial charge in [0.25, 0.3) is 0 Å². The molecule has 2 saturated carbocycles. The van der Waals surface area contributed by atoms with Crippen molar-refractivity contribution in [1.82, 2.24) is 10.6 Å². The van der Waals surface area contributed by atoms with Gasteiger partial charge in [-0.15, -0.1) is 0 Å². The molecule has 0 aliphatic heterocycles. The number of hydrogen-bond donors (Lipinski definition) is 2. The summed E-state index contributed by atoms with van der Waals surface area (Å²) in [6.45, 7) is 9.99. The summed E-state index contributed by atoms with van der Waals surface area (Å²) < 4.78 is 0. The van der Waals surface area contributed by atoms with Crippen LogP contribution < -0.4 is 10.6 Å². The van der Waals surface area contributed by atoms with E-state index in [0.29, 0.717) is 36.8 Å². The number of amides is 2. The summed E-state index contributed by atoms with van der Waals surface area (Å²) in [5.74, 6) is 1.90. The van der Waals surface area contributed by atoms with E-state index >= 15 is 0 Å². The molecule has 2 aliphatic rings. The van der Waals surface area contributed by atoms with Crippen LogP contribution in [0.2, 0.25) is 0 Å². The van der Waals surface area contributed by atoms with E-state index in [1.54, 1.807) is 11.8 Å². The van der Waals surface area contributed by atoms with E-state index in [1.807, 2.05) is 0 Å². The molecule has 2 fully saturated rings. The fourth-order valence-corrected chi connectivity index (χ4v) is 7.24. The molecule has 0 spiro atoms. The highest BCUT2D eigenvalue weighted by molar-refractivity contribution is 7.99. The quantitative estimate of drug-likeness (QED) is 0.104. The van der Waals surface area contributed by atoms with Crippen LogP contribution in [0.5, 0.6) is 0 Å². The number of rotatable bonds is 16. The lowest BCUT2D eigenvalue weighted by molar-refractivity contribution is 0.146. The van der Waals surface area contributed by atoms with E-state index in [0.717, 1.165) is 58.0 Å². The molecule has 0 heterocycles. The van der Waals surface area contributed by atoms with Crippen LogP contribution in [0.3, 0.4) is 0 Å². The summed E-state index contributed by atoms with van der Waals surface area (Å²) in [4.78, 5) is 37.8. The van der Waals surface area contributed by atoms with Gasteiger partial charge in [-0.25, -0.2) is 9.59 Å². The Hall–Kier alpha value is -3.33. The number of nitrogens with zero attached hydrogens (tertiary/aromatic N) is 2. The molecule has 49 heavy (non-hydrogen) atoms. The zero-order chi connectivity index (χ0) is 34.8. The smallest absolute Gasteiger partial charge is 0.319 e. The van der Waals surface area contributed by atoms with Gasteiger partial charge < -0.3 is 10.6 Å². The average Bonchev–Trinajstić information content (AvgIpc) is 3.14. The highest BCUT2D eigenvalue weighted by atomic mass is 32.2. The Balaban J connectivity index is 1.35. The van der Waals surface area contributed by atoms with Crippen molar-refractivity contribution in [2.24, 2.45) is 34.0 Å². The van der Waals surface area contributed by atoms with E-state index in [4.69, 9.17) is 9.68 Å². The molecular weight excluding hydrogens is 633 g/mol. The third-order valence-electron chi connectivity index (χ3n) is 10.1. The Bertz CT molecular complexity index is 1250. The molecule has 9 heteroatoms. The normalized spacial score (nSPS) is 17.6. The number of carbonyl (C=O) groups excluding carboxylic acids is 2. The molecule has 8 nitrogen and oxygen atoms in total. The van der Waals surface area contributed by atoms with E-state index in [2.05, 4.69) is 97.2 Å². The van der Waals surface area contributed by atoms with E-state index in [1.165, 1.54) is 64.2 Å². The number of hydrogen-bond acceptors (Lipinski definition) is 7. The van der Waals surface area contributed by atoms with Gasteiger partial charge in [-0.1, -0.05) is 125 Å². The summed E-state index contributed by atoms with van der Waals surface area (Å²) in [6.07, 6.45) is 14.7. The van der Waals surface area contributed by atoms with Gasteiger partial charge in [-0.2, -0.15) is 0 Å². The predicted octanol–water partition coefficient (Wildman–Crippen LogP) is 10.7. The molecule has 268 valence electrons. The van der Waals surface area contributed by atoms with Gasteiger partial charge in [0.1, 0.15) is 0 Å². The molecule has 0 saturated heterocycles. The van der Waals surface area contributed by atoms with Gasteiger partial charge in [-0.3, -0.25) is 9.68 Å². The summed E-state index contributed by atoms with van der Waals surface area (Å²) >= 11 is 1.67. The fraction of sp³-hybridized carbons (Fsp3) is 0.600.